The number of benzene rings is 2. The average Bonchev–Trinajstić information content (AvgIpc) is 3.65. The standard InChI is InChI=1S/C39H36ClF4N7O6S/c1-6-57-37(53)33-30-25-17-26(25)39(43,44)35(30)51(47-33)18-29(52)46-28(15-19-13-20(41)16-21(42)14-19)32-23(8-7-22(45-32)11-12-38(2,3)54)24-9-10-27(40)31-34(24)50(4)48-36(31)49-58(5,55)56/h7-10,13-14,16,25-26,28,54H,6,15,17-18H2,1-5H3,(H,46,52)(H,48,49). The van der Waals surface area contributed by atoms with Crippen molar-refractivity contribution in [2.24, 2.45) is 13.0 Å². The van der Waals surface area contributed by atoms with Gasteiger partial charge in [0.25, 0.3) is 5.92 Å². The number of aliphatic hydroxyl groups is 1. The second kappa shape index (κ2) is 14.7. The molecule has 2 aromatic carbocycles. The monoisotopic (exact) mass is 841 g/mol. The molecule has 3 aromatic heterocycles. The minimum atomic E-state index is -3.82. The van der Waals surface area contributed by atoms with Gasteiger partial charge < -0.3 is 15.2 Å². The summed E-state index contributed by atoms with van der Waals surface area (Å²) in [5, 5.41) is 22.0. The van der Waals surface area contributed by atoms with Crippen LogP contribution in [0.25, 0.3) is 22.0 Å². The summed E-state index contributed by atoms with van der Waals surface area (Å²) >= 11 is 6.60. The van der Waals surface area contributed by atoms with Crippen LogP contribution in [0.4, 0.5) is 23.4 Å². The third-order valence-corrected chi connectivity index (χ3v) is 10.5. The summed E-state index contributed by atoms with van der Waals surface area (Å²) in [6.45, 7) is 3.66. The molecule has 2 aliphatic carbocycles. The first-order chi connectivity index (χ1) is 27.1. The van der Waals surface area contributed by atoms with E-state index in [0.29, 0.717) is 22.7 Å². The summed E-state index contributed by atoms with van der Waals surface area (Å²) in [7, 11) is -2.27. The molecule has 19 heteroatoms. The zero-order valence-electron chi connectivity index (χ0n) is 31.6. The number of fused-ring (bicyclic) bond motifs is 4. The predicted molar refractivity (Wildman–Crippen MR) is 204 cm³/mol. The van der Waals surface area contributed by atoms with E-state index in [-0.39, 0.29) is 63.9 Å². The molecular formula is C39H36ClF4N7O6S. The highest BCUT2D eigenvalue weighted by molar-refractivity contribution is 7.92. The number of hydrogen-bond donors (Lipinski definition) is 3. The third-order valence-electron chi connectivity index (χ3n) is 9.65. The van der Waals surface area contributed by atoms with Crippen molar-refractivity contribution >= 4 is 50.2 Å². The number of pyridine rings is 1. The number of anilines is 1. The second-order valence-corrected chi connectivity index (χ2v) is 16.9. The van der Waals surface area contributed by atoms with Gasteiger partial charge in [-0.1, -0.05) is 23.6 Å². The summed E-state index contributed by atoms with van der Waals surface area (Å²) in [5.74, 6) is -3.24. The smallest absolute Gasteiger partial charge is 0.359 e. The molecule has 0 spiro atoms. The first-order valence-electron chi connectivity index (χ1n) is 18.0. The van der Waals surface area contributed by atoms with Crippen LogP contribution in [-0.4, -0.2) is 68.4 Å². The van der Waals surface area contributed by atoms with E-state index >= 15 is 8.78 Å². The molecule has 3 N–H and O–H groups in total. The van der Waals surface area contributed by atoms with Crippen LogP contribution in [0.2, 0.25) is 5.02 Å². The molecule has 0 aliphatic heterocycles. The van der Waals surface area contributed by atoms with E-state index in [1.165, 1.54) is 30.7 Å². The van der Waals surface area contributed by atoms with E-state index in [9.17, 15) is 31.9 Å². The Bertz CT molecular complexity index is 2680. The molecule has 304 valence electrons. The number of amides is 1. The summed E-state index contributed by atoms with van der Waals surface area (Å²) in [5.41, 5.74) is -0.955. The summed E-state index contributed by atoms with van der Waals surface area (Å²) < 4.78 is 94.7. The highest BCUT2D eigenvalue weighted by Gasteiger charge is 2.67. The van der Waals surface area contributed by atoms with Crippen LogP contribution in [0, 0.1) is 29.4 Å². The fraction of sp³-hybridized carbons (Fsp3) is 0.359. The van der Waals surface area contributed by atoms with Gasteiger partial charge >= 0.3 is 5.97 Å². The van der Waals surface area contributed by atoms with Gasteiger partial charge in [-0.3, -0.25) is 18.9 Å². The number of carbonyl (C=O) groups excluding carboxylic acids is 2. The number of rotatable bonds is 11. The van der Waals surface area contributed by atoms with Crippen molar-refractivity contribution in [2.45, 2.75) is 63.6 Å². The number of hydrogen-bond acceptors (Lipinski definition) is 9. The minimum absolute atomic E-state index is 0.0311. The van der Waals surface area contributed by atoms with Gasteiger partial charge in [0.1, 0.15) is 35.2 Å². The van der Waals surface area contributed by atoms with Crippen LogP contribution < -0.4 is 10.0 Å². The van der Waals surface area contributed by atoms with Gasteiger partial charge in [0.2, 0.25) is 15.9 Å². The van der Waals surface area contributed by atoms with Crippen molar-refractivity contribution in [3.63, 3.8) is 0 Å². The maximum Gasteiger partial charge on any atom is 0.359 e. The van der Waals surface area contributed by atoms with Crippen LogP contribution in [0.5, 0.6) is 0 Å². The van der Waals surface area contributed by atoms with Gasteiger partial charge in [0.15, 0.2) is 11.5 Å². The van der Waals surface area contributed by atoms with Crippen molar-refractivity contribution in [1.29, 1.82) is 0 Å². The molecule has 1 amide bonds. The van der Waals surface area contributed by atoms with E-state index in [4.69, 9.17) is 21.3 Å². The van der Waals surface area contributed by atoms with Gasteiger partial charge in [0.05, 0.1) is 40.5 Å². The Labute approximate surface area is 334 Å². The summed E-state index contributed by atoms with van der Waals surface area (Å²) in [6, 6.07) is 7.77. The van der Waals surface area contributed by atoms with Crippen LogP contribution in [0.15, 0.2) is 42.5 Å². The Balaban J connectivity index is 1.38. The Kier molecular flexibility index (Phi) is 10.3. The largest absolute Gasteiger partial charge is 0.461 e. The number of esters is 1. The quantitative estimate of drug-likeness (QED) is 0.0853. The molecule has 1 fully saturated rings. The number of nitrogens with one attached hydrogen (secondary N) is 2. The van der Waals surface area contributed by atoms with E-state index < -0.39 is 75.2 Å². The Hall–Kier alpha value is -5.51. The van der Waals surface area contributed by atoms with Crippen LogP contribution in [-0.2, 0) is 45.5 Å². The van der Waals surface area contributed by atoms with E-state index in [2.05, 4.69) is 32.1 Å². The minimum Gasteiger partial charge on any atom is -0.461 e. The number of nitrogens with zero attached hydrogens (tertiary/aromatic N) is 5. The van der Waals surface area contributed by atoms with Crippen LogP contribution >= 0.6 is 11.6 Å². The van der Waals surface area contributed by atoms with Gasteiger partial charge in [0, 0.05) is 35.7 Å². The number of aryl methyl sites for hydroxylation is 1. The number of alkyl halides is 2. The zero-order chi connectivity index (χ0) is 42.1. The normalized spacial score (nSPS) is 17.2. The molecule has 0 bridgehead atoms. The maximum absolute atomic E-state index is 15.6. The molecule has 5 aromatic rings. The highest BCUT2D eigenvalue weighted by Crippen LogP contribution is 2.67. The van der Waals surface area contributed by atoms with E-state index in [1.54, 1.807) is 26.1 Å². The molecule has 2 aliphatic rings. The number of aromatic nitrogens is 5. The molecular weight excluding hydrogens is 806 g/mol. The average molecular weight is 842 g/mol. The van der Waals surface area contributed by atoms with Crippen LogP contribution in [0.3, 0.4) is 0 Å². The second-order valence-electron chi connectivity index (χ2n) is 14.8. The number of ether oxygens (including phenoxy) is 1. The lowest BCUT2D eigenvalue weighted by Crippen LogP contribution is -2.35. The van der Waals surface area contributed by atoms with Crippen molar-refractivity contribution in [3.05, 3.63) is 93.0 Å². The molecule has 13 nitrogen and oxygen atoms in total. The Morgan fingerprint density at radius 1 is 1.12 bits per heavy atom. The molecule has 0 saturated heterocycles. The highest BCUT2D eigenvalue weighted by atomic mass is 35.5. The molecule has 1 saturated carbocycles. The van der Waals surface area contributed by atoms with Crippen molar-refractivity contribution in [2.75, 3.05) is 17.6 Å². The topological polar surface area (TPSA) is 170 Å². The van der Waals surface area contributed by atoms with Crippen LogP contribution in [0.1, 0.15) is 77.8 Å². The Morgan fingerprint density at radius 3 is 2.47 bits per heavy atom. The van der Waals surface area contributed by atoms with Gasteiger partial charge in [-0.25, -0.2) is 27.0 Å². The third kappa shape index (κ3) is 7.98. The van der Waals surface area contributed by atoms with Gasteiger partial charge in [-0.05, 0) is 81.3 Å². The van der Waals surface area contributed by atoms with E-state index in [1.807, 2.05) is 0 Å². The van der Waals surface area contributed by atoms with Gasteiger partial charge in [-0.2, -0.15) is 19.0 Å². The molecule has 58 heavy (non-hydrogen) atoms. The van der Waals surface area contributed by atoms with Crippen molar-refractivity contribution in [3.8, 4) is 23.0 Å². The SMILES string of the molecule is CCOC(=O)c1nn(CC(=O)NC(Cc2cc(F)cc(F)c2)c2nc(C#CC(C)(C)O)ccc2-c2ccc(Cl)c3c(NS(C)(=O)=O)nn(C)c23)c2c1C1CC1C2(F)F. The van der Waals surface area contributed by atoms with Crippen molar-refractivity contribution in [1.82, 2.24) is 29.9 Å². The Morgan fingerprint density at radius 2 is 1.81 bits per heavy atom. The molecule has 3 heterocycles. The first-order valence-corrected chi connectivity index (χ1v) is 20.2. The van der Waals surface area contributed by atoms with Crippen molar-refractivity contribution < 1.29 is 45.4 Å². The summed E-state index contributed by atoms with van der Waals surface area (Å²) in [4.78, 5) is 31.7. The molecule has 3 atom stereocenters. The lowest BCUT2D eigenvalue weighted by Gasteiger charge is -2.23. The molecule has 3 unspecified atom stereocenters. The molecule has 7 rings (SSSR count). The van der Waals surface area contributed by atoms with E-state index in [0.717, 1.165) is 23.1 Å². The number of halogens is 5. The maximum atomic E-state index is 15.6. The lowest BCUT2D eigenvalue weighted by molar-refractivity contribution is -0.123. The fourth-order valence-corrected chi connectivity index (χ4v) is 8.12. The lowest BCUT2D eigenvalue weighted by atomic mass is 9.93. The zero-order valence-corrected chi connectivity index (χ0v) is 33.2. The number of sulfonamides is 1. The molecule has 0 radical (unpaired) electrons. The number of carbonyl (C=O) groups is 2. The fourth-order valence-electron chi connectivity index (χ4n) is 7.39. The predicted octanol–water partition coefficient (Wildman–Crippen LogP) is 5.74. The van der Waals surface area contributed by atoms with Gasteiger partial charge in [-0.15, -0.1) is 0 Å². The first kappa shape index (κ1) is 40.7. The summed E-state index contributed by atoms with van der Waals surface area (Å²) in [6.07, 6.45) is 0.803.